The monoisotopic (exact) mass is 363 g/mol. The van der Waals surface area contributed by atoms with Crippen molar-refractivity contribution >= 4 is 11.7 Å². The minimum absolute atomic E-state index is 0.0293. The van der Waals surface area contributed by atoms with Crippen LogP contribution in [-0.2, 0) is 16.0 Å². The molecule has 0 bridgehead atoms. The third-order valence-electron chi connectivity index (χ3n) is 5.67. The van der Waals surface area contributed by atoms with Crippen molar-refractivity contribution in [3.63, 3.8) is 0 Å². The molecule has 0 radical (unpaired) electrons. The maximum Gasteiger partial charge on any atom is 0.225 e. The molecule has 1 aliphatic carbocycles. The van der Waals surface area contributed by atoms with E-state index in [-0.39, 0.29) is 29.3 Å². The lowest BCUT2D eigenvalue weighted by Crippen LogP contribution is -2.38. The predicted octanol–water partition coefficient (Wildman–Crippen LogP) is 4.39. The number of hydrogen-bond donors (Lipinski definition) is 1. The Balaban J connectivity index is 1.68. The highest BCUT2D eigenvalue weighted by Gasteiger charge is 2.38. The van der Waals surface area contributed by atoms with Gasteiger partial charge in [0.1, 0.15) is 5.82 Å². The van der Waals surface area contributed by atoms with Gasteiger partial charge in [0.2, 0.25) is 5.91 Å². The first-order chi connectivity index (χ1) is 13.0. The molecule has 0 unspecified atom stereocenters. The van der Waals surface area contributed by atoms with Gasteiger partial charge in [-0.2, -0.15) is 0 Å². The first-order valence-corrected chi connectivity index (χ1v) is 9.45. The molecule has 4 rings (SSSR count). The Labute approximate surface area is 158 Å². The molecule has 2 aromatic rings. The largest absolute Gasteiger partial charge is 0.329 e. The van der Waals surface area contributed by atoms with Gasteiger partial charge in [0.15, 0.2) is 5.78 Å². The van der Waals surface area contributed by atoms with E-state index < -0.39 is 0 Å². The third kappa shape index (κ3) is 3.44. The summed E-state index contributed by atoms with van der Waals surface area (Å²) in [6, 6.07) is 14.5. The Hall–Kier alpha value is -2.75. The Kier molecular flexibility index (Phi) is 4.65. The van der Waals surface area contributed by atoms with Crippen molar-refractivity contribution in [2.45, 2.75) is 44.4 Å². The molecule has 0 spiro atoms. The zero-order valence-corrected chi connectivity index (χ0v) is 15.3. The number of aryl methyl sites for hydroxylation is 1. The molecule has 0 saturated carbocycles. The molecule has 2 aromatic carbocycles. The molecule has 138 valence electrons. The van der Waals surface area contributed by atoms with Crippen LogP contribution in [0.5, 0.6) is 0 Å². The highest BCUT2D eigenvalue weighted by atomic mass is 19.1. The summed E-state index contributed by atoms with van der Waals surface area (Å²) in [6.45, 7) is 2.10. The van der Waals surface area contributed by atoms with E-state index in [0.29, 0.717) is 19.3 Å². The van der Waals surface area contributed by atoms with E-state index in [1.54, 1.807) is 12.1 Å². The van der Waals surface area contributed by atoms with Crippen molar-refractivity contribution in [1.29, 1.82) is 0 Å². The Bertz CT molecular complexity index is 912. The summed E-state index contributed by atoms with van der Waals surface area (Å²) in [5.74, 6) is -0.469. The first-order valence-electron chi connectivity index (χ1n) is 9.45. The van der Waals surface area contributed by atoms with E-state index in [2.05, 4.69) is 24.4 Å². The zero-order valence-electron chi connectivity index (χ0n) is 15.3. The Morgan fingerprint density at radius 1 is 0.926 bits per heavy atom. The number of Topliss-reactive ketones (excluding diaryl/α,β-unsaturated/α-hetero) is 1. The van der Waals surface area contributed by atoms with E-state index in [1.807, 2.05) is 12.1 Å². The van der Waals surface area contributed by atoms with Crippen LogP contribution in [0.3, 0.4) is 0 Å². The molecule has 0 aromatic heterocycles. The minimum Gasteiger partial charge on any atom is -0.329 e. The van der Waals surface area contributed by atoms with E-state index in [9.17, 15) is 14.0 Å². The SMILES string of the molecule is CCc1ccc([C@@H]2CC(=O)NC3=C2C(=O)C[C@H](c2ccc(F)cc2)C3)cc1. The number of halogens is 1. The molecule has 1 aliphatic heterocycles. The third-order valence-corrected chi connectivity index (χ3v) is 5.67. The topological polar surface area (TPSA) is 46.2 Å². The van der Waals surface area contributed by atoms with Gasteiger partial charge in [0.25, 0.3) is 0 Å². The van der Waals surface area contributed by atoms with E-state index in [0.717, 1.165) is 28.8 Å². The van der Waals surface area contributed by atoms with Crippen LogP contribution >= 0.6 is 0 Å². The summed E-state index contributed by atoms with van der Waals surface area (Å²) in [5.41, 5.74) is 4.67. The highest BCUT2D eigenvalue weighted by molar-refractivity contribution is 6.02. The van der Waals surface area contributed by atoms with Crippen molar-refractivity contribution in [2.75, 3.05) is 0 Å². The van der Waals surface area contributed by atoms with Crippen LogP contribution in [-0.4, -0.2) is 11.7 Å². The van der Waals surface area contributed by atoms with Crippen LogP contribution in [0.1, 0.15) is 54.7 Å². The lowest BCUT2D eigenvalue weighted by Gasteiger charge is -2.34. The number of allylic oxidation sites excluding steroid dienone is 2. The number of hydrogen-bond acceptors (Lipinski definition) is 2. The summed E-state index contributed by atoms with van der Waals surface area (Å²) in [6.07, 6.45) is 2.25. The smallest absolute Gasteiger partial charge is 0.225 e. The van der Waals surface area contributed by atoms with Crippen molar-refractivity contribution < 1.29 is 14.0 Å². The van der Waals surface area contributed by atoms with Crippen LogP contribution in [0.4, 0.5) is 4.39 Å². The molecule has 1 N–H and O–H groups in total. The molecule has 1 heterocycles. The van der Waals surface area contributed by atoms with Gasteiger partial charge < -0.3 is 5.32 Å². The van der Waals surface area contributed by atoms with Gasteiger partial charge in [-0.25, -0.2) is 4.39 Å². The molecular weight excluding hydrogens is 341 g/mol. The van der Waals surface area contributed by atoms with Gasteiger partial charge in [-0.1, -0.05) is 43.3 Å². The lowest BCUT2D eigenvalue weighted by atomic mass is 9.73. The fraction of sp³-hybridized carbons (Fsp3) is 0.304. The van der Waals surface area contributed by atoms with Crippen molar-refractivity contribution in [1.82, 2.24) is 5.32 Å². The number of carbonyl (C=O) groups excluding carboxylic acids is 2. The molecule has 27 heavy (non-hydrogen) atoms. The number of carbonyl (C=O) groups is 2. The van der Waals surface area contributed by atoms with E-state index in [4.69, 9.17) is 0 Å². The second-order valence-electron chi connectivity index (χ2n) is 7.37. The number of benzene rings is 2. The van der Waals surface area contributed by atoms with Crippen LogP contribution in [0, 0.1) is 5.82 Å². The zero-order chi connectivity index (χ0) is 19.0. The van der Waals surface area contributed by atoms with Crippen LogP contribution < -0.4 is 5.32 Å². The average molecular weight is 363 g/mol. The number of nitrogens with one attached hydrogen (secondary N) is 1. The maximum absolute atomic E-state index is 13.2. The summed E-state index contributed by atoms with van der Waals surface area (Å²) < 4.78 is 13.2. The average Bonchev–Trinajstić information content (AvgIpc) is 2.67. The predicted molar refractivity (Wildman–Crippen MR) is 102 cm³/mol. The van der Waals surface area contributed by atoms with Crippen LogP contribution in [0.2, 0.25) is 0 Å². The van der Waals surface area contributed by atoms with E-state index >= 15 is 0 Å². The Morgan fingerprint density at radius 3 is 2.26 bits per heavy atom. The van der Waals surface area contributed by atoms with Crippen molar-refractivity contribution in [3.8, 4) is 0 Å². The molecule has 3 nitrogen and oxygen atoms in total. The second kappa shape index (κ2) is 7.10. The highest BCUT2D eigenvalue weighted by Crippen LogP contribution is 2.42. The summed E-state index contributed by atoms with van der Waals surface area (Å²) >= 11 is 0. The maximum atomic E-state index is 13.2. The van der Waals surface area contributed by atoms with E-state index in [1.165, 1.54) is 17.7 Å². The number of ketones is 1. The van der Waals surface area contributed by atoms with Crippen molar-refractivity contribution in [2.24, 2.45) is 0 Å². The first kappa shape index (κ1) is 17.7. The van der Waals surface area contributed by atoms with Gasteiger partial charge in [-0.05, 0) is 47.6 Å². The summed E-state index contributed by atoms with van der Waals surface area (Å²) in [5, 5.41) is 2.93. The molecule has 0 fully saturated rings. The fourth-order valence-electron chi connectivity index (χ4n) is 4.20. The van der Waals surface area contributed by atoms with Gasteiger partial charge >= 0.3 is 0 Å². The standard InChI is InChI=1S/C23H22FNO2/c1-2-14-3-5-16(6-4-14)19-13-22(27)25-20-11-17(12-21(26)23(19)20)15-7-9-18(24)10-8-15/h3-10,17,19H,2,11-13H2,1H3,(H,25,27)/t17-,19+/m1/s1. The number of rotatable bonds is 3. The van der Waals surface area contributed by atoms with Crippen molar-refractivity contribution in [3.05, 3.63) is 82.3 Å². The molecule has 0 saturated heterocycles. The minimum atomic E-state index is -0.289. The quantitative estimate of drug-likeness (QED) is 0.879. The normalized spacial score (nSPS) is 22.4. The van der Waals surface area contributed by atoms with Gasteiger partial charge in [-0.3, -0.25) is 9.59 Å². The van der Waals surface area contributed by atoms with Gasteiger partial charge in [-0.15, -0.1) is 0 Å². The fourth-order valence-corrected chi connectivity index (χ4v) is 4.20. The second-order valence-corrected chi connectivity index (χ2v) is 7.37. The van der Waals surface area contributed by atoms with Gasteiger partial charge in [0, 0.05) is 30.0 Å². The molecule has 2 atom stereocenters. The molecule has 2 aliphatic rings. The molecule has 1 amide bonds. The Morgan fingerprint density at radius 2 is 1.59 bits per heavy atom. The van der Waals surface area contributed by atoms with Gasteiger partial charge in [0.05, 0.1) is 0 Å². The summed E-state index contributed by atoms with van der Waals surface area (Å²) in [7, 11) is 0. The molecular formula is C23H22FNO2. The van der Waals surface area contributed by atoms with Crippen LogP contribution in [0.25, 0.3) is 0 Å². The summed E-state index contributed by atoms with van der Waals surface area (Å²) in [4.78, 5) is 25.3. The lowest BCUT2D eigenvalue weighted by molar-refractivity contribution is -0.122. The van der Waals surface area contributed by atoms with Crippen LogP contribution in [0.15, 0.2) is 59.8 Å². The molecule has 4 heteroatoms. The number of amides is 1.